The molecule has 1 saturated heterocycles. The van der Waals surface area contributed by atoms with Crippen LogP contribution in [-0.4, -0.2) is 34.4 Å². The lowest BCUT2D eigenvalue weighted by Gasteiger charge is -2.22. The smallest absolute Gasteiger partial charge is 0.239 e. The number of ether oxygens (including phenoxy) is 2. The number of hydrogen-bond acceptors (Lipinski definition) is 5. The fourth-order valence-corrected chi connectivity index (χ4v) is 4.07. The Morgan fingerprint density at radius 3 is 2.69 bits per heavy atom. The number of aryl methyl sites for hydroxylation is 1. The van der Waals surface area contributed by atoms with Gasteiger partial charge in [-0.1, -0.05) is 53.6 Å². The lowest BCUT2D eigenvalue weighted by atomic mass is 10.0. The van der Waals surface area contributed by atoms with Crippen LogP contribution >= 0.6 is 11.6 Å². The SMILES string of the molecule is Cc1ccc(-c2cnc3c(NCC4CCOCC4)cc(Oc4ccccc4Cl)nn23)cc1. The second-order valence-electron chi connectivity index (χ2n) is 8.11. The summed E-state index contributed by atoms with van der Waals surface area (Å²) in [6.45, 7) is 4.56. The Kier molecular flexibility index (Phi) is 5.97. The summed E-state index contributed by atoms with van der Waals surface area (Å²) in [5.74, 6) is 1.58. The zero-order chi connectivity index (χ0) is 21.9. The Morgan fingerprint density at radius 1 is 1.12 bits per heavy atom. The molecule has 0 spiro atoms. The van der Waals surface area contributed by atoms with Crippen LogP contribution in [0.5, 0.6) is 11.6 Å². The minimum Gasteiger partial charge on any atom is -0.436 e. The number of rotatable bonds is 6. The number of halogens is 1. The molecule has 164 valence electrons. The first-order valence-electron chi connectivity index (χ1n) is 10.9. The van der Waals surface area contributed by atoms with Crippen LogP contribution < -0.4 is 10.1 Å². The van der Waals surface area contributed by atoms with Gasteiger partial charge in [-0.15, -0.1) is 5.10 Å². The molecule has 0 aliphatic carbocycles. The average molecular weight is 449 g/mol. The Balaban J connectivity index is 1.53. The van der Waals surface area contributed by atoms with E-state index in [4.69, 9.17) is 26.2 Å². The molecule has 1 N–H and O–H groups in total. The lowest BCUT2D eigenvalue weighted by molar-refractivity contribution is 0.0699. The molecular weight excluding hydrogens is 424 g/mol. The maximum Gasteiger partial charge on any atom is 0.239 e. The number of aromatic nitrogens is 3. The maximum absolute atomic E-state index is 6.32. The Morgan fingerprint density at radius 2 is 1.91 bits per heavy atom. The van der Waals surface area contributed by atoms with Gasteiger partial charge >= 0.3 is 0 Å². The fraction of sp³-hybridized carbons (Fsp3) is 0.280. The third-order valence-corrected chi connectivity index (χ3v) is 6.08. The summed E-state index contributed by atoms with van der Waals surface area (Å²) in [7, 11) is 0. The zero-order valence-corrected chi connectivity index (χ0v) is 18.7. The molecule has 4 aromatic rings. The van der Waals surface area contributed by atoms with Crippen LogP contribution in [0.2, 0.25) is 5.02 Å². The molecule has 7 heteroatoms. The monoisotopic (exact) mass is 448 g/mol. The van der Waals surface area contributed by atoms with E-state index in [2.05, 4.69) is 41.5 Å². The van der Waals surface area contributed by atoms with E-state index in [1.54, 1.807) is 6.07 Å². The van der Waals surface area contributed by atoms with Gasteiger partial charge in [0.15, 0.2) is 5.65 Å². The Bertz CT molecular complexity index is 1220. The van der Waals surface area contributed by atoms with Crippen molar-refractivity contribution in [1.82, 2.24) is 14.6 Å². The van der Waals surface area contributed by atoms with Crippen LogP contribution in [0.25, 0.3) is 16.9 Å². The van der Waals surface area contributed by atoms with Crippen LogP contribution in [0, 0.1) is 12.8 Å². The molecule has 0 saturated carbocycles. The molecule has 32 heavy (non-hydrogen) atoms. The quantitative estimate of drug-likeness (QED) is 0.392. The average Bonchev–Trinajstić information content (AvgIpc) is 3.24. The number of para-hydroxylation sites is 1. The molecule has 6 nitrogen and oxygen atoms in total. The van der Waals surface area contributed by atoms with Crippen molar-refractivity contribution in [1.29, 1.82) is 0 Å². The van der Waals surface area contributed by atoms with Gasteiger partial charge in [0, 0.05) is 31.4 Å². The summed E-state index contributed by atoms with van der Waals surface area (Å²) in [5.41, 5.74) is 4.79. The Labute approximate surface area is 192 Å². The molecule has 2 aromatic carbocycles. The van der Waals surface area contributed by atoms with Gasteiger partial charge in [0.2, 0.25) is 5.88 Å². The topological polar surface area (TPSA) is 60.7 Å². The van der Waals surface area contributed by atoms with E-state index >= 15 is 0 Å². The third kappa shape index (κ3) is 4.42. The van der Waals surface area contributed by atoms with Crippen molar-refractivity contribution in [2.75, 3.05) is 25.1 Å². The van der Waals surface area contributed by atoms with Gasteiger partial charge in [0.05, 0.1) is 22.6 Å². The molecule has 1 aliphatic rings. The summed E-state index contributed by atoms with van der Waals surface area (Å²) < 4.78 is 13.4. The minimum absolute atomic E-state index is 0.450. The second kappa shape index (κ2) is 9.18. The number of hydrogen-bond donors (Lipinski definition) is 1. The summed E-state index contributed by atoms with van der Waals surface area (Å²) >= 11 is 6.32. The van der Waals surface area contributed by atoms with Crippen molar-refractivity contribution >= 4 is 22.9 Å². The molecule has 0 atom stereocenters. The van der Waals surface area contributed by atoms with Gasteiger partial charge in [-0.3, -0.25) is 0 Å². The molecule has 1 aliphatic heterocycles. The van der Waals surface area contributed by atoms with Crippen LogP contribution in [0.15, 0.2) is 60.8 Å². The molecule has 3 heterocycles. The van der Waals surface area contributed by atoms with Crippen LogP contribution in [-0.2, 0) is 4.74 Å². The van der Waals surface area contributed by atoms with Crippen molar-refractivity contribution in [3.8, 4) is 22.9 Å². The number of nitrogens with one attached hydrogen (secondary N) is 1. The summed E-state index contributed by atoms with van der Waals surface area (Å²) in [5, 5.41) is 8.86. The van der Waals surface area contributed by atoms with Gasteiger partial charge in [-0.05, 0) is 37.8 Å². The standard InChI is InChI=1S/C25H25ClN4O2/c1-17-6-8-19(9-7-17)22-16-28-25-21(27-15-18-10-12-31-13-11-18)14-24(29-30(22)25)32-23-5-3-2-4-20(23)26/h2-9,14,16,18,27H,10-13,15H2,1H3. The highest BCUT2D eigenvalue weighted by Gasteiger charge is 2.18. The first-order valence-corrected chi connectivity index (χ1v) is 11.2. The molecule has 1 fully saturated rings. The van der Waals surface area contributed by atoms with Gasteiger partial charge in [-0.2, -0.15) is 0 Å². The molecule has 2 aromatic heterocycles. The van der Waals surface area contributed by atoms with Crippen molar-refractivity contribution < 1.29 is 9.47 Å². The summed E-state index contributed by atoms with van der Waals surface area (Å²) in [6.07, 6.45) is 3.96. The van der Waals surface area contributed by atoms with Crippen LogP contribution in [0.4, 0.5) is 5.69 Å². The Hall–Kier alpha value is -3.09. The normalized spacial score (nSPS) is 14.6. The first-order chi connectivity index (χ1) is 15.7. The molecule has 0 bridgehead atoms. The highest BCUT2D eigenvalue weighted by atomic mass is 35.5. The highest BCUT2D eigenvalue weighted by molar-refractivity contribution is 6.32. The highest BCUT2D eigenvalue weighted by Crippen LogP contribution is 2.32. The minimum atomic E-state index is 0.450. The van der Waals surface area contributed by atoms with E-state index < -0.39 is 0 Å². The van der Waals surface area contributed by atoms with Crippen LogP contribution in [0.3, 0.4) is 0 Å². The van der Waals surface area contributed by atoms with Crippen molar-refractivity contribution in [2.24, 2.45) is 5.92 Å². The van der Waals surface area contributed by atoms with Crippen molar-refractivity contribution in [3.63, 3.8) is 0 Å². The number of imidazole rings is 1. The third-order valence-electron chi connectivity index (χ3n) is 5.77. The number of nitrogens with zero attached hydrogens (tertiary/aromatic N) is 3. The number of fused-ring (bicyclic) bond motifs is 1. The summed E-state index contributed by atoms with van der Waals surface area (Å²) in [4.78, 5) is 4.68. The van der Waals surface area contributed by atoms with E-state index in [1.165, 1.54) is 5.56 Å². The second-order valence-corrected chi connectivity index (χ2v) is 8.52. The van der Waals surface area contributed by atoms with Gasteiger partial charge in [-0.25, -0.2) is 9.50 Å². The maximum atomic E-state index is 6.32. The van der Waals surface area contributed by atoms with E-state index in [0.717, 1.165) is 55.2 Å². The molecular formula is C25H25ClN4O2. The van der Waals surface area contributed by atoms with E-state index in [0.29, 0.717) is 22.6 Å². The van der Waals surface area contributed by atoms with Crippen molar-refractivity contribution in [2.45, 2.75) is 19.8 Å². The molecule has 0 radical (unpaired) electrons. The number of benzene rings is 2. The molecule has 0 unspecified atom stereocenters. The summed E-state index contributed by atoms with van der Waals surface area (Å²) in [6, 6.07) is 17.6. The van der Waals surface area contributed by atoms with E-state index in [9.17, 15) is 0 Å². The van der Waals surface area contributed by atoms with E-state index in [-0.39, 0.29) is 0 Å². The number of anilines is 1. The van der Waals surface area contributed by atoms with Gasteiger partial charge < -0.3 is 14.8 Å². The molecule has 5 rings (SSSR count). The predicted octanol–water partition coefficient (Wildman–Crippen LogP) is 5.99. The lowest BCUT2D eigenvalue weighted by Crippen LogP contribution is -2.23. The largest absolute Gasteiger partial charge is 0.436 e. The first kappa shape index (κ1) is 20.8. The zero-order valence-electron chi connectivity index (χ0n) is 17.9. The molecule has 0 amide bonds. The van der Waals surface area contributed by atoms with E-state index in [1.807, 2.05) is 35.0 Å². The van der Waals surface area contributed by atoms with Gasteiger partial charge in [0.1, 0.15) is 5.75 Å². The fourth-order valence-electron chi connectivity index (χ4n) is 3.89. The van der Waals surface area contributed by atoms with Crippen LogP contribution in [0.1, 0.15) is 18.4 Å². The predicted molar refractivity (Wildman–Crippen MR) is 127 cm³/mol. The van der Waals surface area contributed by atoms with Gasteiger partial charge in [0.25, 0.3) is 0 Å². The van der Waals surface area contributed by atoms with Crippen molar-refractivity contribution in [3.05, 3.63) is 71.4 Å².